The van der Waals surface area contributed by atoms with Crippen LogP contribution in [0, 0.1) is 11.3 Å². The third-order valence-electron chi connectivity index (χ3n) is 11.4. The van der Waals surface area contributed by atoms with Crippen LogP contribution in [0.25, 0.3) is 11.1 Å². The zero-order valence-corrected chi connectivity index (χ0v) is 37.0. The molecule has 4 rings (SSSR count). The second-order valence-corrected chi connectivity index (χ2v) is 17.1. The Hall–Kier alpha value is -4.90. The molecule has 3 aromatic carbocycles. The van der Waals surface area contributed by atoms with Gasteiger partial charge >= 0.3 is 6.09 Å². The van der Waals surface area contributed by atoms with Crippen molar-refractivity contribution in [3.8, 4) is 22.6 Å². The Morgan fingerprint density at radius 3 is 2.12 bits per heavy atom. The first-order valence-corrected chi connectivity index (χ1v) is 22.0. The molecule has 0 radical (unpaired) electrons. The predicted octanol–water partition coefficient (Wildman–Crippen LogP) is 8.82. The quantitative estimate of drug-likeness (QED) is 0.0650. The number of hydrogen-bond donors (Lipinski definition) is 3. The first-order chi connectivity index (χ1) is 28.9. The number of fused-ring (bicyclic) bond motifs is 3. The van der Waals surface area contributed by atoms with Crippen LogP contribution in [0.15, 0.2) is 66.7 Å². The molecule has 11 nitrogen and oxygen atoms in total. The van der Waals surface area contributed by atoms with Gasteiger partial charge in [-0.25, -0.2) is 4.79 Å². The van der Waals surface area contributed by atoms with Crippen molar-refractivity contribution in [3.05, 3.63) is 83.4 Å². The molecule has 1 atom stereocenters. The molecule has 328 valence electrons. The van der Waals surface area contributed by atoms with Gasteiger partial charge in [0, 0.05) is 76.0 Å². The molecule has 0 saturated carbocycles. The number of likely N-dealkylation sites (N-methyl/N-ethyl adjacent to an activating group) is 1. The third kappa shape index (κ3) is 15.9. The molecule has 0 unspecified atom stereocenters. The second-order valence-electron chi connectivity index (χ2n) is 17.1. The maximum absolute atomic E-state index is 13.0. The SMILES string of the molecule is CCNC(=O)CCCOc1ccc(CN(C)CCNC(=O)CC[C@H](CC(=O)CCCCCCCNC(=O)OCC2c3ccccc3-c3ccccc32)C(C)(C)C)c(OC)c1. The first-order valence-electron chi connectivity index (χ1n) is 22.0. The fourth-order valence-electron chi connectivity index (χ4n) is 7.84. The van der Waals surface area contributed by atoms with Crippen LogP contribution >= 0.6 is 0 Å². The Labute approximate surface area is 358 Å². The number of nitrogens with zero attached hydrogens (tertiary/aromatic N) is 1. The van der Waals surface area contributed by atoms with Crippen LogP contribution in [0.2, 0.25) is 0 Å². The van der Waals surface area contributed by atoms with Crippen LogP contribution in [0.3, 0.4) is 0 Å². The Morgan fingerprint density at radius 1 is 0.767 bits per heavy atom. The van der Waals surface area contributed by atoms with Crippen molar-refractivity contribution in [1.29, 1.82) is 0 Å². The van der Waals surface area contributed by atoms with E-state index in [-0.39, 0.29) is 40.9 Å². The number of alkyl carbamates (subject to hydrolysis) is 1. The van der Waals surface area contributed by atoms with E-state index in [1.54, 1.807) is 7.11 Å². The molecule has 0 saturated heterocycles. The summed E-state index contributed by atoms with van der Waals surface area (Å²) in [6.45, 7) is 12.1. The van der Waals surface area contributed by atoms with Gasteiger partial charge in [-0.1, -0.05) is 94.6 Å². The number of unbranched alkanes of at least 4 members (excludes halogenated alkanes) is 4. The van der Waals surface area contributed by atoms with Gasteiger partial charge in [-0.05, 0) is 79.3 Å². The molecule has 0 bridgehead atoms. The number of carbonyl (C=O) groups is 4. The molecule has 0 fully saturated rings. The third-order valence-corrected chi connectivity index (χ3v) is 11.4. The van der Waals surface area contributed by atoms with E-state index in [9.17, 15) is 19.2 Å². The van der Waals surface area contributed by atoms with E-state index in [0.717, 1.165) is 43.4 Å². The molecule has 1 aliphatic rings. The van der Waals surface area contributed by atoms with Crippen LogP contribution in [0.1, 0.15) is 121 Å². The van der Waals surface area contributed by atoms with Crippen LogP contribution in [-0.4, -0.2) is 82.1 Å². The molecule has 1 aliphatic carbocycles. The normalized spacial score (nSPS) is 12.7. The highest BCUT2D eigenvalue weighted by Crippen LogP contribution is 2.44. The Balaban J connectivity index is 1.04. The number of carbonyl (C=O) groups excluding carboxylic acids is 4. The van der Waals surface area contributed by atoms with Gasteiger partial charge in [0.25, 0.3) is 0 Å². The van der Waals surface area contributed by atoms with E-state index in [0.29, 0.717) is 90.2 Å². The highest BCUT2D eigenvalue weighted by molar-refractivity contribution is 5.80. The van der Waals surface area contributed by atoms with Crippen molar-refractivity contribution in [2.24, 2.45) is 11.3 Å². The summed E-state index contributed by atoms with van der Waals surface area (Å²) in [6, 6.07) is 22.4. The fraction of sp³-hybridized carbons (Fsp3) is 0.551. The molecule has 3 aromatic rings. The zero-order valence-electron chi connectivity index (χ0n) is 37.0. The molecule has 0 aliphatic heterocycles. The lowest BCUT2D eigenvalue weighted by Gasteiger charge is -2.30. The summed E-state index contributed by atoms with van der Waals surface area (Å²) in [7, 11) is 3.64. The largest absolute Gasteiger partial charge is 0.496 e. The molecule has 0 aromatic heterocycles. The van der Waals surface area contributed by atoms with Gasteiger partial charge in [0.15, 0.2) is 0 Å². The summed E-state index contributed by atoms with van der Waals surface area (Å²) in [4.78, 5) is 52.1. The van der Waals surface area contributed by atoms with E-state index in [4.69, 9.17) is 14.2 Å². The predicted molar refractivity (Wildman–Crippen MR) is 238 cm³/mol. The number of amides is 3. The molecular formula is C49H70N4O7. The van der Waals surface area contributed by atoms with Gasteiger partial charge in [0.1, 0.15) is 23.9 Å². The fourth-order valence-corrected chi connectivity index (χ4v) is 7.84. The summed E-state index contributed by atoms with van der Waals surface area (Å²) in [5.41, 5.74) is 5.75. The van der Waals surface area contributed by atoms with E-state index in [1.165, 1.54) is 22.3 Å². The molecule has 3 amide bonds. The maximum Gasteiger partial charge on any atom is 0.407 e. The van der Waals surface area contributed by atoms with Crippen LogP contribution < -0.4 is 25.4 Å². The lowest BCUT2D eigenvalue weighted by Crippen LogP contribution is -2.33. The number of methoxy groups -OCH3 is 1. The van der Waals surface area contributed by atoms with Gasteiger partial charge in [-0.2, -0.15) is 0 Å². The number of nitrogens with one attached hydrogen (secondary N) is 3. The summed E-state index contributed by atoms with van der Waals surface area (Å²) < 4.78 is 17.1. The lowest BCUT2D eigenvalue weighted by molar-refractivity contribution is -0.123. The molecule has 60 heavy (non-hydrogen) atoms. The molecule has 0 heterocycles. The first kappa shape index (κ1) is 47.8. The van der Waals surface area contributed by atoms with E-state index in [1.807, 2.05) is 56.4 Å². The molecule has 11 heteroatoms. The van der Waals surface area contributed by atoms with Crippen molar-refractivity contribution >= 4 is 23.7 Å². The summed E-state index contributed by atoms with van der Waals surface area (Å²) in [5.74, 6) is 1.90. The minimum atomic E-state index is -0.383. The lowest BCUT2D eigenvalue weighted by atomic mass is 9.75. The Morgan fingerprint density at radius 2 is 1.43 bits per heavy atom. The topological polar surface area (TPSA) is 135 Å². The standard InChI is InChI=1S/C49H70N4O7/c1-7-50-46(55)23-17-31-59-39-26-24-36(45(33-39)58-6)34-53(5)30-29-51-47(56)27-25-37(49(2,3)4)32-38(54)18-11-9-8-10-16-28-52-48(57)60-35-44-42-21-14-12-19-40(42)41-20-13-15-22-43(41)44/h12-15,19-22,24,26,33,37,44H,7-11,16-18,23,25,27-32,34-35H2,1-6H3,(H,50,55)(H,51,56)(H,52,57)/t37-/m1/s1. The van der Waals surface area contributed by atoms with Crippen molar-refractivity contribution in [2.75, 3.05) is 53.6 Å². The van der Waals surface area contributed by atoms with Crippen LogP contribution in [-0.2, 0) is 25.7 Å². The average Bonchev–Trinajstić information content (AvgIpc) is 3.54. The Kier molecular flexibility index (Phi) is 19.9. The minimum absolute atomic E-state index is 0.00414. The van der Waals surface area contributed by atoms with Crippen LogP contribution in [0.5, 0.6) is 11.5 Å². The van der Waals surface area contributed by atoms with Gasteiger partial charge in [0.05, 0.1) is 13.7 Å². The summed E-state index contributed by atoms with van der Waals surface area (Å²) in [5, 5.41) is 8.75. The molecule has 3 N–H and O–H groups in total. The number of Topliss-reactive ketones (excluding diaryl/α,β-unsaturated/α-hetero) is 1. The Bertz CT molecular complexity index is 1780. The number of benzene rings is 3. The average molecular weight is 827 g/mol. The molecule has 0 spiro atoms. The summed E-state index contributed by atoms with van der Waals surface area (Å²) in [6.07, 6.45) is 7.48. The number of hydrogen-bond acceptors (Lipinski definition) is 8. The highest BCUT2D eigenvalue weighted by atomic mass is 16.5. The zero-order chi connectivity index (χ0) is 43.3. The van der Waals surface area contributed by atoms with Crippen molar-refractivity contribution in [2.45, 2.75) is 111 Å². The van der Waals surface area contributed by atoms with Crippen molar-refractivity contribution in [3.63, 3.8) is 0 Å². The smallest absolute Gasteiger partial charge is 0.407 e. The van der Waals surface area contributed by atoms with Gasteiger partial charge in [0.2, 0.25) is 11.8 Å². The second kappa shape index (κ2) is 25.0. The summed E-state index contributed by atoms with van der Waals surface area (Å²) >= 11 is 0. The monoisotopic (exact) mass is 827 g/mol. The van der Waals surface area contributed by atoms with E-state index in [2.05, 4.69) is 65.9 Å². The van der Waals surface area contributed by atoms with Crippen molar-refractivity contribution in [1.82, 2.24) is 20.9 Å². The van der Waals surface area contributed by atoms with Crippen LogP contribution in [0.4, 0.5) is 4.79 Å². The minimum Gasteiger partial charge on any atom is -0.496 e. The number of ether oxygens (including phenoxy) is 3. The highest BCUT2D eigenvalue weighted by Gasteiger charge is 2.29. The van der Waals surface area contributed by atoms with Gasteiger partial charge in [-0.15, -0.1) is 0 Å². The van der Waals surface area contributed by atoms with E-state index >= 15 is 0 Å². The van der Waals surface area contributed by atoms with E-state index < -0.39 is 0 Å². The molecular weight excluding hydrogens is 757 g/mol. The van der Waals surface area contributed by atoms with Crippen molar-refractivity contribution < 1.29 is 33.4 Å². The maximum atomic E-state index is 13.0. The number of rotatable bonds is 27. The number of ketones is 1. The van der Waals surface area contributed by atoms with Gasteiger partial charge in [-0.3, -0.25) is 14.4 Å². The van der Waals surface area contributed by atoms with Gasteiger partial charge < -0.3 is 35.1 Å².